The summed E-state index contributed by atoms with van der Waals surface area (Å²) in [6, 6.07) is 0.168. The highest BCUT2D eigenvalue weighted by Crippen LogP contribution is 2.49. The first-order valence-corrected chi connectivity index (χ1v) is 9.18. The maximum atomic E-state index is 13.0. The number of hydrogen-bond donors (Lipinski definition) is 2. The third-order valence-electron chi connectivity index (χ3n) is 5.71. The second-order valence-corrected chi connectivity index (χ2v) is 7.47. The molecule has 1 amide bonds. The Labute approximate surface area is 152 Å². The van der Waals surface area contributed by atoms with Crippen molar-refractivity contribution < 1.29 is 4.79 Å². The number of carbonyl (C=O) groups is 1. The molecular weight excluding hydrogens is 338 g/mol. The predicted octanol–water partition coefficient (Wildman–Crippen LogP) is 3.13. The molecule has 7 heteroatoms. The number of anilines is 1. The van der Waals surface area contributed by atoms with E-state index in [0.29, 0.717) is 17.4 Å². The number of halogens is 1. The molecule has 132 valence electrons. The molecule has 0 aromatic carbocycles. The molecule has 3 heterocycles. The van der Waals surface area contributed by atoms with E-state index >= 15 is 0 Å². The van der Waals surface area contributed by atoms with E-state index in [-0.39, 0.29) is 17.4 Å². The minimum absolute atomic E-state index is 0.113. The summed E-state index contributed by atoms with van der Waals surface area (Å²) in [6.07, 6.45) is 11.1. The molecule has 1 aliphatic carbocycles. The van der Waals surface area contributed by atoms with Crippen LogP contribution in [0.2, 0.25) is 5.02 Å². The number of amides is 1. The molecule has 4 rings (SSSR count). The standard InChI is InChI=1S/C18H22ClN5O/c1-2-12-6-20-7-13(12)17(25)24-9-15(18(10-24)4-3-5-18)23-16-14(19)8-21-11-22-16/h6-8,11,15,20H,2-5,9-10H2,1H3,(H,21,22,23). The van der Waals surface area contributed by atoms with Gasteiger partial charge in [0.15, 0.2) is 0 Å². The smallest absolute Gasteiger partial charge is 0.255 e. The number of likely N-dealkylation sites (tertiary alicyclic amines) is 1. The van der Waals surface area contributed by atoms with Crippen molar-refractivity contribution in [2.75, 3.05) is 18.4 Å². The topological polar surface area (TPSA) is 73.9 Å². The van der Waals surface area contributed by atoms with E-state index in [1.165, 1.54) is 12.7 Å². The van der Waals surface area contributed by atoms with Gasteiger partial charge in [0.05, 0.1) is 17.8 Å². The maximum absolute atomic E-state index is 13.0. The van der Waals surface area contributed by atoms with Gasteiger partial charge in [0, 0.05) is 30.9 Å². The summed E-state index contributed by atoms with van der Waals surface area (Å²) in [6.45, 7) is 3.53. The lowest BCUT2D eigenvalue weighted by molar-refractivity contribution is 0.0728. The van der Waals surface area contributed by atoms with Crippen LogP contribution in [0.25, 0.3) is 0 Å². The van der Waals surface area contributed by atoms with E-state index in [0.717, 1.165) is 36.9 Å². The molecule has 0 radical (unpaired) electrons. The predicted molar refractivity (Wildman–Crippen MR) is 96.8 cm³/mol. The van der Waals surface area contributed by atoms with Crippen molar-refractivity contribution in [2.45, 2.75) is 38.6 Å². The van der Waals surface area contributed by atoms with Gasteiger partial charge in [-0.3, -0.25) is 4.79 Å². The molecule has 0 bridgehead atoms. The van der Waals surface area contributed by atoms with Gasteiger partial charge in [0.1, 0.15) is 17.2 Å². The Morgan fingerprint density at radius 1 is 1.48 bits per heavy atom. The Bertz CT molecular complexity index is 785. The van der Waals surface area contributed by atoms with Gasteiger partial charge in [-0.05, 0) is 24.8 Å². The van der Waals surface area contributed by atoms with Gasteiger partial charge in [-0.25, -0.2) is 9.97 Å². The minimum Gasteiger partial charge on any atom is -0.367 e. The van der Waals surface area contributed by atoms with Crippen LogP contribution >= 0.6 is 11.6 Å². The fourth-order valence-corrected chi connectivity index (χ4v) is 4.26. The summed E-state index contributed by atoms with van der Waals surface area (Å²) < 4.78 is 0. The highest BCUT2D eigenvalue weighted by molar-refractivity contribution is 6.32. The van der Waals surface area contributed by atoms with Crippen LogP contribution in [0.3, 0.4) is 0 Å². The van der Waals surface area contributed by atoms with Gasteiger partial charge in [0.2, 0.25) is 0 Å². The van der Waals surface area contributed by atoms with Crippen molar-refractivity contribution in [1.29, 1.82) is 0 Å². The van der Waals surface area contributed by atoms with Crippen LogP contribution in [0.1, 0.15) is 42.1 Å². The number of aromatic nitrogens is 3. The number of hydrogen-bond acceptors (Lipinski definition) is 4. The van der Waals surface area contributed by atoms with E-state index in [4.69, 9.17) is 11.6 Å². The minimum atomic E-state index is 0.113. The van der Waals surface area contributed by atoms with Gasteiger partial charge in [-0.1, -0.05) is 24.9 Å². The average Bonchev–Trinajstić information content (AvgIpc) is 3.20. The summed E-state index contributed by atoms with van der Waals surface area (Å²) in [4.78, 5) is 26.2. The molecule has 1 atom stereocenters. The Morgan fingerprint density at radius 2 is 2.32 bits per heavy atom. The number of aryl methyl sites for hydroxylation is 1. The SMILES string of the molecule is CCc1c[nH]cc1C(=O)N1CC(Nc2ncncc2Cl)C2(CCC2)C1. The monoisotopic (exact) mass is 359 g/mol. The third-order valence-corrected chi connectivity index (χ3v) is 5.98. The van der Waals surface area contributed by atoms with Crippen LogP contribution < -0.4 is 5.32 Å². The Hall–Kier alpha value is -2.08. The second-order valence-electron chi connectivity index (χ2n) is 7.07. The van der Waals surface area contributed by atoms with Crippen molar-refractivity contribution in [3.05, 3.63) is 41.1 Å². The van der Waals surface area contributed by atoms with E-state index in [2.05, 4.69) is 27.2 Å². The zero-order chi connectivity index (χ0) is 17.4. The lowest BCUT2D eigenvalue weighted by Gasteiger charge is -2.42. The van der Waals surface area contributed by atoms with Gasteiger partial charge in [0.25, 0.3) is 5.91 Å². The van der Waals surface area contributed by atoms with Gasteiger partial charge < -0.3 is 15.2 Å². The van der Waals surface area contributed by atoms with Crippen molar-refractivity contribution in [2.24, 2.45) is 5.41 Å². The Morgan fingerprint density at radius 3 is 3.00 bits per heavy atom. The van der Waals surface area contributed by atoms with Crippen LogP contribution in [-0.2, 0) is 6.42 Å². The fraction of sp³-hybridized carbons (Fsp3) is 0.500. The number of H-pyrrole nitrogens is 1. The average molecular weight is 360 g/mol. The van der Waals surface area contributed by atoms with Crippen LogP contribution in [0.15, 0.2) is 24.9 Å². The highest BCUT2D eigenvalue weighted by Gasteiger charge is 2.52. The largest absolute Gasteiger partial charge is 0.367 e. The Balaban J connectivity index is 1.55. The summed E-state index contributed by atoms with van der Waals surface area (Å²) in [5, 5.41) is 3.99. The van der Waals surface area contributed by atoms with Crippen molar-refractivity contribution in [3.8, 4) is 0 Å². The number of carbonyl (C=O) groups excluding carboxylic acids is 1. The summed E-state index contributed by atoms with van der Waals surface area (Å²) in [7, 11) is 0. The van der Waals surface area contributed by atoms with Crippen molar-refractivity contribution in [1.82, 2.24) is 19.9 Å². The van der Waals surface area contributed by atoms with Crippen LogP contribution in [0, 0.1) is 5.41 Å². The Kier molecular flexibility index (Phi) is 4.15. The molecule has 6 nitrogen and oxygen atoms in total. The highest BCUT2D eigenvalue weighted by atomic mass is 35.5. The molecular formula is C18H22ClN5O. The van der Waals surface area contributed by atoms with Gasteiger partial charge in [-0.2, -0.15) is 0 Å². The first kappa shape index (κ1) is 16.4. The molecule has 25 heavy (non-hydrogen) atoms. The van der Waals surface area contributed by atoms with Crippen molar-refractivity contribution >= 4 is 23.3 Å². The van der Waals surface area contributed by atoms with E-state index in [1.54, 1.807) is 6.20 Å². The summed E-state index contributed by atoms with van der Waals surface area (Å²) in [5.41, 5.74) is 1.99. The maximum Gasteiger partial charge on any atom is 0.255 e. The van der Waals surface area contributed by atoms with Crippen LogP contribution in [0.5, 0.6) is 0 Å². The molecule has 1 spiro atoms. The first-order valence-electron chi connectivity index (χ1n) is 8.80. The second kappa shape index (κ2) is 6.33. The zero-order valence-electron chi connectivity index (χ0n) is 14.3. The molecule has 2 aromatic heterocycles. The lowest BCUT2D eigenvalue weighted by atomic mass is 9.65. The molecule has 1 saturated heterocycles. The summed E-state index contributed by atoms with van der Waals surface area (Å²) in [5.74, 6) is 0.764. The van der Waals surface area contributed by atoms with Crippen LogP contribution in [0.4, 0.5) is 5.82 Å². The quantitative estimate of drug-likeness (QED) is 0.879. The van der Waals surface area contributed by atoms with Gasteiger partial charge >= 0.3 is 0 Å². The normalized spacial score (nSPS) is 21.4. The van der Waals surface area contributed by atoms with Crippen LogP contribution in [-0.4, -0.2) is 44.9 Å². The number of aromatic amines is 1. The number of rotatable bonds is 4. The molecule has 2 aromatic rings. The summed E-state index contributed by atoms with van der Waals surface area (Å²) >= 11 is 6.20. The fourth-order valence-electron chi connectivity index (χ4n) is 4.10. The molecule has 2 aliphatic rings. The molecule has 2 N–H and O–H groups in total. The van der Waals surface area contributed by atoms with Crippen molar-refractivity contribution in [3.63, 3.8) is 0 Å². The number of nitrogens with one attached hydrogen (secondary N) is 2. The zero-order valence-corrected chi connectivity index (χ0v) is 15.0. The van der Waals surface area contributed by atoms with E-state index in [1.807, 2.05) is 17.3 Å². The molecule has 1 saturated carbocycles. The molecule has 2 fully saturated rings. The first-order chi connectivity index (χ1) is 12.1. The van der Waals surface area contributed by atoms with Gasteiger partial charge in [-0.15, -0.1) is 0 Å². The lowest BCUT2D eigenvalue weighted by Crippen LogP contribution is -2.45. The van der Waals surface area contributed by atoms with E-state index < -0.39 is 0 Å². The molecule has 1 aliphatic heterocycles. The number of nitrogens with zero attached hydrogens (tertiary/aromatic N) is 3. The molecule has 1 unspecified atom stereocenters. The van der Waals surface area contributed by atoms with E-state index in [9.17, 15) is 4.79 Å². The third kappa shape index (κ3) is 2.78.